The first-order chi connectivity index (χ1) is 9.80. The minimum atomic E-state index is -0.332. The van der Waals surface area contributed by atoms with Gasteiger partial charge in [0, 0.05) is 12.1 Å². The second-order valence-electron chi connectivity index (χ2n) is 8.83. The molecule has 0 radical (unpaired) electrons. The zero-order valence-corrected chi connectivity index (χ0v) is 14.1. The Morgan fingerprint density at radius 2 is 1.86 bits per heavy atom. The average Bonchev–Trinajstić information content (AvgIpc) is 2.33. The third-order valence-electron chi connectivity index (χ3n) is 6.53. The molecule has 4 bridgehead atoms. The first-order valence-corrected chi connectivity index (χ1v) is 8.93. The zero-order valence-electron chi connectivity index (χ0n) is 14.1. The minimum absolute atomic E-state index is 0.332. The van der Waals surface area contributed by atoms with Crippen molar-refractivity contribution in [2.24, 2.45) is 17.3 Å². The van der Waals surface area contributed by atoms with Crippen LogP contribution in [0.1, 0.15) is 72.1 Å². The Kier molecular flexibility index (Phi) is 3.99. The molecule has 21 heavy (non-hydrogen) atoms. The van der Waals surface area contributed by atoms with Crippen LogP contribution in [0.25, 0.3) is 0 Å². The van der Waals surface area contributed by atoms with E-state index in [2.05, 4.69) is 32.7 Å². The fraction of sp³-hybridized carbons (Fsp3) is 0.895. The van der Waals surface area contributed by atoms with Crippen LogP contribution in [0.3, 0.4) is 0 Å². The molecule has 0 spiro atoms. The van der Waals surface area contributed by atoms with Crippen LogP contribution >= 0.6 is 0 Å². The van der Waals surface area contributed by atoms with Crippen LogP contribution in [0, 0.1) is 17.3 Å². The lowest BCUT2D eigenvalue weighted by atomic mass is 9.46. The molecule has 4 saturated carbocycles. The maximum absolute atomic E-state index is 10.9. The molecule has 120 valence electrons. The molecule has 0 aromatic heterocycles. The Hall–Kier alpha value is -0.340. The van der Waals surface area contributed by atoms with Gasteiger partial charge in [0.15, 0.2) is 0 Å². The number of hydrogen-bond acceptors (Lipinski definition) is 2. The van der Waals surface area contributed by atoms with Gasteiger partial charge < -0.3 is 10.4 Å². The SMILES string of the molecule is C=C(C)CC[C@@H](C)N[C@@H](C)C12C[C@H]3C[C@@H](CC(O)(C3)C1)C2. The van der Waals surface area contributed by atoms with Crippen molar-refractivity contribution >= 4 is 0 Å². The summed E-state index contributed by atoms with van der Waals surface area (Å²) in [6.07, 6.45) is 9.53. The summed E-state index contributed by atoms with van der Waals surface area (Å²) in [7, 11) is 0. The molecule has 0 heterocycles. The van der Waals surface area contributed by atoms with E-state index in [-0.39, 0.29) is 5.60 Å². The summed E-state index contributed by atoms with van der Waals surface area (Å²) in [4.78, 5) is 0. The van der Waals surface area contributed by atoms with E-state index in [0.29, 0.717) is 17.5 Å². The van der Waals surface area contributed by atoms with Gasteiger partial charge in [0.05, 0.1) is 5.60 Å². The highest BCUT2D eigenvalue weighted by Gasteiger charge is 2.58. The molecule has 4 rings (SSSR count). The predicted molar refractivity (Wildman–Crippen MR) is 88.2 cm³/mol. The molecule has 0 aromatic carbocycles. The van der Waals surface area contributed by atoms with Gasteiger partial charge in [0.2, 0.25) is 0 Å². The first-order valence-electron chi connectivity index (χ1n) is 8.93. The van der Waals surface area contributed by atoms with Gasteiger partial charge in [-0.2, -0.15) is 0 Å². The van der Waals surface area contributed by atoms with Gasteiger partial charge in [-0.05, 0) is 89.4 Å². The van der Waals surface area contributed by atoms with Crippen LogP contribution in [0.4, 0.5) is 0 Å². The van der Waals surface area contributed by atoms with Crippen LogP contribution in [0.5, 0.6) is 0 Å². The smallest absolute Gasteiger partial charge is 0.0659 e. The predicted octanol–water partition coefficient (Wildman–Crippen LogP) is 4.04. The standard InChI is InChI=1S/C19H33NO/c1-13(2)5-6-14(3)20-15(4)18-8-16-7-17(9-18)11-19(21,10-16)12-18/h14-17,20-21H,1,5-12H2,2-4H3/t14-,15+,16-,17-,18?,19?/m1/s1. The van der Waals surface area contributed by atoms with Crippen molar-refractivity contribution in [2.75, 3.05) is 0 Å². The molecule has 0 unspecified atom stereocenters. The maximum Gasteiger partial charge on any atom is 0.0659 e. The van der Waals surface area contributed by atoms with Gasteiger partial charge in [-0.15, -0.1) is 6.58 Å². The molecular weight excluding hydrogens is 258 g/mol. The monoisotopic (exact) mass is 291 g/mol. The molecule has 4 aliphatic carbocycles. The van der Waals surface area contributed by atoms with Crippen molar-refractivity contribution in [3.63, 3.8) is 0 Å². The van der Waals surface area contributed by atoms with Gasteiger partial charge in [0.25, 0.3) is 0 Å². The van der Waals surface area contributed by atoms with Gasteiger partial charge >= 0.3 is 0 Å². The summed E-state index contributed by atoms with van der Waals surface area (Å²) in [6.45, 7) is 10.8. The van der Waals surface area contributed by atoms with E-state index in [4.69, 9.17) is 0 Å². The Balaban J connectivity index is 1.64. The lowest BCUT2D eigenvalue weighted by molar-refractivity contribution is -0.172. The molecule has 4 atom stereocenters. The molecular formula is C19H33NO. The highest BCUT2D eigenvalue weighted by molar-refractivity contribution is 5.11. The molecule has 0 amide bonds. The van der Waals surface area contributed by atoms with Gasteiger partial charge in [-0.25, -0.2) is 0 Å². The summed E-state index contributed by atoms with van der Waals surface area (Å²) in [6, 6.07) is 1.06. The third-order valence-corrected chi connectivity index (χ3v) is 6.53. The lowest BCUT2D eigenvalue weighted by Gasteiger charge is -2.62. The fourth-order valence-electron chi connectivity index (χ4n) is 5.94. The second kappa shape index (κ2) is 5.38. The highest BCUT2D eigenvalue weighted by atomic mass is 16.3. The van der Waals surface area contributed by atoms with Crippen LogP contribution in [-0.2, 0) is 0 Å². The van der Waals surface area contributed by atoms with Crippen molar-refractivity contribution in [3.05, 3.63) is 12.2 Å². The Labute approximate surface area is 130 Å². The summed E-state index contributed by atoms with van der Waals surface area (Å²) in [5.74, 6) is 1.57. The van der Waals surface area contributed by atoms with Gasteiger partial charge in [-0.1, -0.05) is 5.57 Å². The lowest BCUT2D eigenvalue weighted by Crippen LogP contribution is -2.61. The van der Waals surface area contributed by atoms with Crippen molar-refractivity contribution in [2.45, 2.75) is 89.8 Å². The zero-order chi connectivity index (χ0) is 15.3. The van der Waals surface area contributed by atoms with E-state index in [0.717, 1.165) is 37.5 Å². The molecule has 0 aliphatic heterocycles. The third kappa shape index (κ3) is 3.07. The number of hydrogen-bond donors (Lipinski definition) is 2. The van der Waals surface area contributed by atoms with E-state index in [9.17, 15) is 5.11 Å². The van der Waals surface area contributed by atoms with E-state index < -0.39 is 0 Å². The van der Waals surface area contributed by atoms with Crippen LogP contribution in [0.15, 0.2) is 12.2 Å². The van der Waals surface area contributed by atoms with E-state index in [1.54, 1.807) is 0 Å². The normalized spacial score (nSPS) is 43.8. The number of nitrogens with one attached hydrogen (secondary N) is 1. The van der Waals surface area contributed by atoms with Crippen molar-refractivity contribution in [1.82, 2.24) is 5.32 Å². The second-order valence-corrected chi connectivity index (χ2v) is 8.83. The molecule has 0 saturated heterocycles. The number of aliphatic hydroxyl groups is 1. The van der Waals surface area contributed by atoms with E-state index >= 15 is 0 Å². The van der Waals surface area contributed by atoms with Gasteiger partial charge in [-0.3, -0.25) is 0 Å². The molecule has 2 heteroatoms. The quantitative estimate of drug-likeness (QED) is 0.724. The van der Waals surface area contributed by atoms with Crippen LogP contribution in [-0.4, -0.2) is 22.8 Å². The van der Waals surface area contributed by atoms with E-state index in [1.807, 2.05) is 0 Å². The summed E-state index contributed by atoms with van der Waals surface area (Å²) in [5.41, 5.74) is 1.30. The Morgan fingerprint density at radius 3 is 2.38 bits per heavy atom. The average molecular weight is 291 g/mol. The minimum Gasteiger partial charge on any atom is -0.390 e. The van der Waals surface area contributed by atoms with Crippen LogP contribution < -0.4 is 5.32 Å². The molecule has 4 fully saturated rings. The largest absolute Gasteiger partial charge is 0.390 e. The topological polar surface area (TPSA) is 32.3 Å². The fourth-order valence-corrected chi connectivity index (χ4v) is 5.94. The van der Waals surface area contributed by atoms with E-state index in [1.165, 1.54) is 31.3 Å². The highest BCUT2D eigenvalue weighted by Crippen LogP contribution is 2.62. The first kappa shape index (κ1) is 15.6. The number of allylic oxidation sites excluding steroid dienone is 1. The molecule has 2 nitrogen and oxygen atoms in total. The van der Waals surface area contributed by atoms with Crippen molar-refractivity contribution in [3.8, 4) is 0 Å². The van der Waals surface area contributed by atoms with Crippen LogP contribution in [0.2, 0.25) is 0 Å². The molecule has 0 aromatic rings. The summed E-state index contributed by atoms with van der Waals surface area (Å²) in [5, 5.41) is 14.7. The summed E-state index contributed by atoms with van der Waals surface area (Å²) < 4.78 is 0. The van der Waals surface area contributed by atoms with Gasteiger partial charge in [0.1, 0.15) is 0 Å². The Bertz CT molecular complexity index is 402. The summed E-state index contributed by atoms with van der Waals surface area (Å²) >= 11 is 0. The Morgan fingerprint density at radius 1 is 1.24 bits per heavy atom. The van der Waals surface area contributed by atoms with Crippen molar-refractivity contribution < 1.29 is 5.11 Å². The number of rotatable bonds is 6. The molecule has 2 N–H and O–H groups in total. The van der Waals surface area contributed by atoms with Crippen molar-refractivity contribution in [1.29, 1.82) is 0 Å². The maximum atomic E-state index is 10.9. The molecule has 4 aliphatic rings.